The van der Waals surface area contributed by atoms with Crippen LogP contribution >= 0.6 is 0 Å². The minimum atomic E-state index is 0.162. The van der Waals surface area contributed by atoms with E-state index in [0.717, 1.165) is 17.8 Å². The predicted molar refractivity (Wildman–Crippen MR) is 83.2 cm³/mol. The summed E-state index contributed by atoms with van der Waals surface area (Å²) in [6, 6.07) is 16.0. The molecule has 0 unspecified atom stereocenters. The lowest BCUT2D eigenvalue weighted by Gasteiger charge is -2.27. The first kappa shape index (κ1) is 12.7. The molecule has 0 aromatic heterocycles. The molecule has 20 heavy (non-hydrogen) atoms. The monoisotopic (exact) mass is 263 g/mol. The Morgan fingerprint density at radius 1 is 1.10 bits per heavy atom. The number of carbonyl (C=O) groups excluding carboxylic acids is 1. The number of anilines is 1. The maximum Gasteiger partial charge on any atom is 0.182 e. The van der Waals surface area contributed by atoms with E-state index in [1.54, 1.807) is 0 Å². The number of Topliss-reactive ketones (excluding diaryl/α,β-unsaturated/α-hetero) is 1. The molecule has 3 rings (SSSR count). The lowest BCUT2D eigenvalue weighted by Crippen LogP contribution is -2.31. The Morgan fingerprint density at radius 3 is 2.65 bits per heavy atom. The van der Waals surface area contributed by atoms with Crippen LogP contribution in [0.3, 0.4) is 0 Å². The second-order valence-electron chi connectivity index (χ2n) is 5.13. The molecule has 0 saturated heterocycles. The zero-order valence-corrected chi connectivity index (χ0v) is 11.5. The van der Waals surface area contributed by atoms with Crippen LogP contribution in [0.25, 0.3) is 6.08 Å². The van der Waals surface area contributed by atoms with Crippen LogP contribution in [-0.2, 0) is 0 Å². The highest BCUT2D eigenvalue weighted by Gasteiger charge is 2.16. The van der Waals surface area contributed by atoms with Gasteiger partial charge in [-0.1, -0.05) is 60.2 Å². The lowest BCUT2D eigenvalue weighted by molar-refractivity contribution is 0.0999. The zero-order valence-electron chi connectivity index (χ0n) is 11.5. The van der Waals surface area contributed by atoms with E-state index in [4.69, 9.17) is 0 Å². The van der Waals surface area contributed by atoms with Crippen molar-refractivity contribution in [1.29, 1.82) is 0 Å². The van der Waals surface area contributed by atoms with E-state index in [9.17, 15) is 4.79 Å². The van der Waals surface area contributed by atoms with Crippen molar-refractivity contribution in [3.05, 3.63) is 71.3 Å². The highest BCUT2D eigenvalue weighted by molar-refractivity contribution is 5.99. The Bertz CT molecular complexity index is 655. The molecule has 0 saturated carbocycles. The smallest absolute Gasteiger partial charge is 0.182 e. The second kappa shape index (κ2) is 5.33. The van der Waals surface area contributed by atoms with Crippen LogP contribution in [0, 0.1) is 6.92 Å². The molecule has 2 aromatic carbocycles. The van der Waals surface area contributed by atoms with Crippen LogP contribution in [0.4, 0.5) is 5.69 Å². The van der Waals surface area contributed by atoms with Gasteiger partial charge in [-0.2, -0.15) is 0 Å². The Morgan fingerprint density at radius 2 is 1.85 bits per heavy atom. The summed E-state index contributed by atoms with van der Waals surface area (Å²) < 4.78 is 0. The van der Waals surface area contributed by atoms with E-state index in [2.05, 4.69) is 29.2 Å². The van der Waals surface area contributed by atoms with Gasteiger partial charge in [-0.15, -0.1) is 0 Å². The average molecular weight is 263 g/mol. The highest BCUT2D eigenvalue weighted by Crippen LogP contribution is 2.25. The average Bonchev–Trinajstić information content (AvgIpc) is 2.48. The van der Waals surface area contributed by atoms with Gasteiger partial charge in [0.25, 0.3) is 0 Å². The van der Waals surface area contributed by atoms with Gasteiger partial charge in [0, 0.05) is 17.8 Å². The molecule has 100 valence electrons. The number of hydrogen-bond donors (Lipinski definition) is 0. The molecule has 1 aliphatic heterocycles. The van der Waals surface area contributed by atoms with Crippen LogP contribution in [0.2, 0.25) is 0 Å². The first-order valence-electron chi connectivity index (χ1n) is 6.84. The normalized spacial score (nSPS) is 13.2. The van der Waals surface area contributed by atoms with Crippen molar-refractivity contribution < 1.29 is 4.79 Å². The van der Waals surface area contributed by atoms with Crippen LogP contribution in [0.15, 0.2) is 54.6 Å². The summed E-state index contributed by atoms with van der Waals surface area (Å²) in [6.07, 6.45) is 4.22. The summed E-state index contributed by atoms with van der Waals surface area (Å²) in [5.41, 5.74) is 4.27. The number of carbonyl (C=O) groups is 1. The van der Waals surface area contributed by atoms with Crippen molar-refractivity contribution in [2.75, 3.05) is 18.0 Å². The first-order chi connectivity index (χ1) is 9.74. The number of fused-ring (bicyclic) bond motifs is 1. The number of ketones is 1. The SMILES string of the molecule is Cc1ccc(C(=O)CN2CC=Cc3ccccc32)cc1. The van der Waals surface area contributed by atoms with Crippen LogP contribution in [-0.4, -0.2) is 18.9 Å². The molecule has 0 radical (unpaired) electrons. The quantitative estimate of drug-likeness (QED) is 0.787. The summed E-state index contributed by atoms with van der Waals surface area (Å²) in [7, 11) is 0. The molecule has 0 bridgehead atoms. The third kappa shape index (κ3) is 2.50. The number of aryl methyl sites for hydroxylation is 1. The summed E-state index contributed by atoms with van der Waals surface area (Å²) in [5, 5.41) is 0. The largest absolute Gasteiger partial charge is 0.360 e. The molecule has 0 spiro atoms. The number of hydrogen-bond acceptors (Lipinski definition) is 2. The van der Waals surface area contributed by atoms with Crippen molar-refractivity contribution >= 4 is 17.5 Å². The molecule has 0 amide bonds. The molecular formula is C18H17NO. The molecule has 2 aromatic rings. The lowest BCUT2D eigenvalue weighted by atomic mass is 10.1. The molecule has 0 fully saturated rings. The maximum absolute atomic E-state index is 12.4. The van der Waals surface area contributed by atoms with E-state index in [0.29, 0.717) is 6.54 Å². The molecule has 2 nitrogen and oxygen atoms in total. The molecule has 0 aliphatic carbocycles. The van der Waals surface area contributed by atoms with Crippen molar-refractivity contribution in [2.45, 2.75) is 6.92 Å². The summed E-state index contributed by atoms with van der Waals surface area (Å²) in [5.74, 6) is 0.162. The van der Waals surface area contributed by atoms with Crippen LogP contribution in [0.5, 0.6) is 0 Å². The van der Waals surface area contributed by atoms with Crippen molar-refractivity contribution in [2.24, 2.45) is 0 Å². The Labute approximate surface area is 119 Å². The van der Waals surface area contributed by atoms with Gasteiger partial charge in [0.05, 0.1) is 6.54 Å². The third-order valence-electron chi connectivity index (χ3n) is 3.61. The zero-order chi connectivity index (χ0) is 13.9. The molecule has 0 atom stereocenters. The van der Waals surface area contributed by atoms with E-state index in [1.807, 2.05) is 43.3 Å². The minimum Gasteiger partial charge on any atom is -0.360 e. The minimum absolute atomic E-state index is 0.162. The van der Waals surface area contributed by atoms with Crippen LogP contribution in [0.1, 0.15) is 21.5 Å². The molecule has 2 heteroatoms. The Balaban J connectivity index is 1.80. The third-order valence-corrected chi connectivity index (χ3v) is 3.61. The van der Waals surface area contributed by atoms with Crippen molar-refractivity contribution in [3.63, 3.8) is 0 Å². The Kier molecular flexibility index (Phi) is 3.38. The van der Waals surface area contributed by atoms with Crippen molar-refractivity contribution in [3.8, 4) is 0 Å². The van der Waals surface area contributed by atoms with Gasteiger partial charge in [-0.05, 0) is 18.6 Å². The highest BCUT2D eigenvalue weighted by atomic mass is 16.1. The van der Waals surface area contributed by atoms with Gasteiger partial charge in [0.1, 0.15) is 0 Å². The fourth-order valence-corrected chi connectivity index (χ4v) is 2.48. The predicted octanol–water partition coefficient (Wildman–Crippen LogP) is 3.71. The summed E-state index contributed by atoms with van der Waals surface area (Å²) in [4.78, 5) is 14.5. The van der Waals surface area contributed by atoms with E-state index in [1.165, 1.54) is 11.1 Å². The van der Waals surface area contributed by atoms with E-state index in [-0.39, 0.29) is 5.78 Å². The molecule has 1 heterocycles. The van der Waals surface area contributed by atoms with Gasteiger partial charge in [-0.3, -0.25) is 4.79 Å². The van der Waals surface area contributed by atoms with Gasteiger partial charge in [0.15, 0.2) is 5.78 Å². The maximum atomic E-state index is 12.4. The summed E-state index contributed by atoms with van der Waals surface area (Å²) >= 11 is 0. The molecule has 1 aliphatic rings. The van der Waals surface area contributed by atoms with Gasteiger partial charge < -0.3 is 4.90 Å². The fraction of sp³-hybridized carbons (Fsp3) is 0.167. The van der Waals surface area contributed by atoms with Gasteiger partial charge in [-0.25, -0.2) is 0 Å². The van der Waals surface area contributed by atoms with Gasteiger partial charge >= 0.3 is 0 Å². The topological polar surface area (TPSA) is 20.3 Å². The molecular weight excluding hydrogens is 246 g/mol. The van der Waals surface area contributed by atoms with E-state index >= 15 is 0 Å². The number of para-hydroxylation sites is 1. The summed E-state index contributed by atoms with van der Waals surface area (Å²) in [6.45, 7) is 3.24. The fourth-order valence-electron chi connectivity index (χ4n) is 2.48. The first-order valence-corrected chi connectivity index (χ1v) is 6.84. The second-order valence-corrected chi connectivity index (χ2v) is 5.13. The standard InChI is InChI=1S/C18H17NO/c1-14-8-10-16(11-9-14)18(20)13-19-12-4-6-15-5-2-3-7-17(15)19/h2-11H,12-13H2,1H3. The molecule has 0 N–H and O–H groups in total. The number of nitrogens with zero attached hydrogens (tertiary/aromatic N) is 1. The van der Waals surface area contributed by atoms with Gasteiger partial charge in [0.2, 0.25) is 0 Å². The number of benzene rings is 2. The van der Waals surface area contributed by atoms with Crippen LogP contribution < -0.4 is 4.90 Å². The van der Waals surface area contributed by atoms with E-state index < -0.39 is 0 Å². The van der Waals surface area contributed by atoms with Crippen molar-refractivity contribution in [1.82, 2.24) is 0 Å². The number of rotatable bonds is 3. The Hall–Kier alpha value is -2.35.